The highest BCUT2D eigenvalue weighted by molar-refractivity contribution is 5.92. The number of ether oxygens (including phenoxy) is 1. The van der Waals surface area contributed by atoms with Crippen LogP contribution in [-0.2, 0) is 16.1 Å². The predicted octanol–water partition coefficient (Wildman–Crippen LogP) is 3.06. The highest BCUT2D eigenvalue weighted by atomic mass is 16.5. The summed E-state index contributed by atoms with van der Waals surface area (Å²) in [6.45, 7) is 4.01. The zero-order valence-corrected chi connectivity index (χ0v) is 14.2. The van der Waals surface area contributed by atoms with Crippen molar-refractivity contribution < 1.29 is 14.3 Å². The number of nitrogens with one attached hydrogen (secondary N) is 1. The van der Waals surface area contributed by atoms with Crippen LogP contribution < -0.4 is 5.32 Å². The van der Waals surface area contributed by atoms with Crippen molar-refractivity contribution >= 4 is 11.9 Å². The van der Waals surface area contributed by atoms with E-state index < -0.39 is 12.1 Å². The molecule has 1 atom stereocenters. The van der Waals surface area contributed by atoms with Crippen LogP contribution in [-0.4, -0.2) is 18.0 Å². The number of amides is 1. The summed E-state index contributed by atoms with van der Waals surface area (Å²) in [5.41, 5.74) is 1.73. The zero-order chi connectivity index (χ0) is 18.2. The van der Waals surface area contributed by atoms with Crippen LogP contribution in [0.15, 0.2) is 54.6 Å². The Bertz CT molecular complexity index is 762. The highest BCUT2D eigenvalue weighted by Crippen LogP contribution is 2.12. The summed E-state index contributed by atoms with van der Waals surface area (Å²) in [7, 11) is 0. The molecule has 1 unspecified atom stereocenters. The van der Waals surface area contributed by atoms with Gasteiger partial charge in [-0.2, -0.15) is 5.26 Å². The fraction of sp³-hybridized carbons (Fsp3) is 0.250. The third kappa shape index (κ3) is 5.18. The summed E-state index contributed by atoms with van der Waals surface area (Å²) in [4.78, 5) is 24.6. The first-order valence-corrected chi connectivity index (χ1v) is 8.04. The molecule has 0 heterocycles. The van der Waals surface area contributed by atoms with E-state index in [1.165, 1.54) is 24.3 Å². The Hall–Kier alpha value is -3.13. The molecule has 5 nitrogen and oxygen atoms in total. The van der Waals surface area contributed by atoms with Crippen molar-refractivity contribution in [3.05, 3.63) is 71.3 Å². The standard InChI is InChI=1S/C20H20N2O3/c1-14(2)18(19(23)22-13-16-6-4-3-5-7-16)25-20(24)17-10-8-15(12-21)9-11-17/h3-11,14,18H,13H2,1-2H3,(H,22,23). The molecule has 0 aromatic heterocycles. The van der Waals surface area contributed by atoms with Gasteiger partial charge in [-0.25, -0.2) is 4.79 Å². The van der Waals surface area contributed by atoms with Gasteiger partial charge in [0.2, 0.25) is 0 Å². The lowest BCUT2D eigenvalue weighted by molar-refractivity contribution is -0.132. The predicted molar refractivity (Wildman–Crippen MR) is 93.5 cm³/mol. The van der Waals surface area contributed by atoms with E-state index in [-0.39, 0.29) is 11.8 Å². The van der Waals surface area contributed by atoms with E-state index in [9.17, 15) is 9.59 Å². The molecular weight excluding hydrogens is 316 g/mol. The molecule has 0 saturated heterocycles. The molecule has 5 heteroatoms. The van der Waals surface area contributed by atoms with E-state index in [4.69, 9.17) is 10.00 Å². The van der Waals surface area contributed by atoms with Gasteiger partial charge in [0.05, 0.1) is 17.2 Å². The molecule has 2 rings (SSSR count). The molecule has 0 spiro atoms. The minimum absolute atomic E-state index is 0.168. The van der Waals surface area contributed by atoms with Crippen molar-refractivity contribution in [2.45, 2.75) is 26.5 Å². The largest absolute Gasteiger partial charge is 0.448 e. The Kier molecular flexibility index (Phi) is 6.30. The summed E-state index contributed by atoms with van der Waals surface area (Å²) in [6, 6.07) is 17.6. The summed E-state index contributed by atoms with van der Waals surface area (Å²) in [6.07, 6.45) is -0.883. The average molecular weight is 336 g/mol. The molecule has 1 N–H and O–H groups in total. The molecule has 128 valence electrons. The van der Waals surface area contributed by atoms with E-state index in [1.54, 1.807) is 0 Å². The monoisotopic (exact) mass is 336 g/mol. The van der Waals surface area contributed by atoms with E-state index in [1.807, 2.05) is 50.2 Å². The molecule has 2 aromatic rings. The normalized spacial score (nSPS) is 11.4. The Morgan fingerprint density at radius 2 is 1.72 bits per heavy atom. The van der Waals surface area contributed by atoms with Crippen LogP contribution in [0.1, 0.15) is 35.3 Å². The zero-order valence-electron chi connectivity index (χ0n) is 14.2. The minimum atomic E-state index is -0.883. The topological polar surface area (TPSA) is 79.2 Å². The van der Waals surface area contributed by atoms with Crippen molar-refractivity contribution in [1.82, 2.24) is 5.32 Å². The summed E-state index contributed by atoms with van der Waals surface area (Å²) in [5, 5.41) is 11.6. The van der Waals surface area contributed by atoms with Crippen molar-refractivity contribution in [3.63, 3.8) is 0 Å². The van der Waals surface area contributed by atoms with Crippen molar-refractivity contribution in [2.24, 2.45) is 5.92 Å². The van der Waals surface area contributed by atoms with Gasteiger partial charge in [-0.1, -0.05) is 44.2 Å². The number of rotatable bonds is 6. The van der Waals surface area contributed by atoms with Crippen LogP contribution in [0, 0.1) is 17.2 Å². The molecule has 0 radical (unpaired) electrons. The van der Waals surface area contributed by atoms with Gasteiger partial charge >= 0.3 is 5.97 Å². The minimum Gasteiger partial charge on any atom is -0.448 e. The van der Waals surface area contributed by atoms with Gasteiger partial charge in [0.25, 0.3) is 5.91 Å². The lowest BCUT2D eigenvalue weighted by atomic mass is 10.1. The molecule has 0 fully saturated rings. The number of nitrogens with zero attached hydrogens (tertiary/aromatic N) is 1. The average Bonchev–Trinajstić information content (AvgIpc) is 2.64. The Balaban J connectivity index is 2.00. The second kappa shape index (κ2) is 8.65. The second-order valence-electron chi connectivity index (χ2n) is 5.96. The van der Waals surface area contributed by atoms with E-state index in [2.05, 4.69) is 5.32 Å². The lowest BCUT2D eigenvalue weighted by Crippen LogP contribution is -2.40. The first kappa shape index (κ1) is 18.2. The molecule has 0 aliphatic heterocycles. The number of hydrogen-bond acceptors (Lipinski definition) is 4. The third-order valence-electron chi connectivity index (χ3n) is 3.66. The summed E-state index contributed by atoms with van der Waals surface area (Å²) >= 11 is 0. The SMILES string of the molecule is CC(C)C(OC(=O)c1ccc(C#N)cc1)C(=O)NCc1ccccc1. The molecule has 1 amide bonds. The summed E-state index contributed by atoms with van der Waals surface area (Å²) in [5.74, 6) is -1.09. The smallest absolute Gasteiger partial charge is 0.338 e. The molecule has 0 aliphatic carbocycles. The van der Waals surface area contributed by atoms with Crippen molar-refractivity contribution in [2.75, 3.05) is 0 Å². The van der Waals surface area contributed by atoms with Gasteiger partial charge in [0, 0.05) is 6.54 Å². The van der Waals surface area contributed by atoms with E-state index >= 15 is 0 Å². The third-order valence-corrected chi connectivity index (χ3v) is 3.66. The maximum atomic E-state index is 12.4. The van der Waals surface area contributed by atoms with Crippen LogP contribution >= 0.6 is 0 Å². The fourth-order valence-corrected chi connectivity index (χ4v) is 2.24. The lowest BCUT2D eigenvalue weighted by Gasteiger charge is -2.20. The van der Waals surface area contributed by atoms with Gasteiger partial charge in [0.1, 0.15) is 0 Å². The van der Waals surface area contributed by atoms with Gasteiger partial charge in [-0.3, -0.25) is 4.79 Å². The fourth-order valence-electron chi connectivity index (χ4n) is 2.24. The molecule has 25 heavy (non-hydrogen) atoms. The number of carbonyl (C=O) groups excluding carboxylic acids is 2. The number of benzene rings is 2. The number of nitriles is 1. The van der Waals surface area contributed by atoms with Crippen molar-refractivity contribution in [3.8, 4) is 6.07 Å². The number of esters is 1. The Morgan fingerprint density at radius 1 is 1.08 bits per heavy atom. The van der Waals surface area contributed by atoms with Gasteiger partial charge in [-0.05, 0) is 35.7 Å². The first-order chi connectivity index (χ1) is 12.0. The van der Waals surface area contributed by atoms with Crippen LogP contribution in [0.25, 0.3) is 0 Å². The highest BCUT2D eigenvalue weighted by Gasteiger charge is 2.26. The van der Waals surface area contributed by atoms with E-state index in [0.717, 1.165) is 5.56 Å². The van der Waals surface area contributed by atoms with Crippen LogP contribution in [0.3, 0.4) is 0 Å². The Morgan fingerprint density at radius 3 is 2.28 bits per heavy atom. The molecule has 2 aromatic carbocycles. The Labute approximate surface area is 147 Å². The quantitative estimate of drug-likeness (QED) is 0.822. The van der Waals surface area contributed by atoms with E-state index in [0.29, 0.717) is 17.7 Å². The summed E-state index contributed by atoms with van der Waals surface area (Å²) < 4.78 is 5.39. The van der Waals surface area contributed by atoms with Gasteiger partial charge in [-0.15, -0.1) is 0 Å². The number of hydrogen-bond donors (Lipinski definition) is 1. The van der Waals surface area contributed by atoms with Crippen LogP contribution in [0.5, 0.6) is 0 Å². The van der Waals surface area contributed by atoms with Crippen LogP contribution in [0.4, 0.5) is 0 Å². The molecule has 0 saturated carbocycles. The second-order valence-corrected chi connectivity index (χ2v) is 5.96. The number of carbonyl (C=O) groups is 2. The van der Waals surface area contributed by atoms with Gasteiger partial charge in [0.15, 0.2) is 6.10 Å². The maximum Gasteiger partial charge on any atom is 0.338 e. The van der Waals surface area contributed by atoms with Gasteiger partial charge < -0.3 is 10.1 Å². The van der Waals surface area contributed by atoms with Crippen LogP contribution in [0.2, 0.25) is 0 Å². The van der Waals surface area contributed by atoms with Crippen molar-refractivity contribution in [1.29, 1.82) is 5.26 Å². The molecular formula is C20H20N2O3. The maximum absolute atomic E-state index is 12.4. The molecule has 0 aliphatic rings. The first-order valence-electron chi connectivity index (χ1n) is 8.04. The molecule has 0 bridgehead atoms.